The Balaban J connectivity index is 0.000000259. The molecule has 54 heavy (non-hydrogen) atoms. The molecular weight excluding hydrogens is 679 g/mol. The normalized spacial score (nSPS) is 13.4. The molecule has 1 atom stereocenters. The fourth-order valence-electron chi connectivity index (χ4n) is 6.70. The van der Waals surface area contributed by atoms with Gasteiger partial charge in [0.25, 0.3) is 0 Å². The van der Waals surface area contributed by atoms with Crippen molar-refractivity contribution in [3.8, 4) is 16.9 Å². The van der Waals surface area contributed by atoms with E-state index < -0.39 is 12.2 Å². The summed E-state index contributed by atoms with van der Waals surface area (Å²) in [6.07, 6.45) is 3.01. The molecule has 7 N–H and O–H groups in total. The summed E-state index contributed by atoms with van der Waals surface area (Å²) in [4.78, 5) is 27.4. The van der Waals surface area contributed by atoms with Crippen LogP contribution in [-0.4, -0.2) is 57.5 Å². The van der Waals surface area contributed by atoms with Gasteiger partial charge >= 0.3 is 6.09 Å². The van der Waals surface area contributed by atoms with Gasteiger partial charge in [-0.05, 0) is 104 Å². The van der Waals surface area contributed by atoms with Gasteiger partial charge < -0.3 is 30.9 Å². The highest BCUT2D eigenvalue weighted by Crippen LogP contribution is 2.29. The van der Waals surface area contributed by atoms with E-state index in [1.165, 1.54) is 55.6 Å². The quantitative estimate of drug-likeness (QED) is 0.0624. The lowest BCUT2D eigenvalue weighted by molar-refractivity contribution is 0.176. The van der Waals surface area contributed by atoms with Crippen molar-refractivity contribution >= 4 is 34.1 Å². The molecule has 6 aromatic rings. The molecule has 0 bridgehead atoms. The molecule has 1 saturated heterocycles. The van der Waals surface area contributed by atoms with Crippen LogP contribution in [0.5, 0.6) is 5.75 Å². The summed E-state index contributed by atoms with van der Waals surface area (Å²) in [5.74, 6) is -0.00980. The Kier molecular flexibility index (Phi) is 13.1. The molecule has 5 aromatic carbocycles. The second-order valence-electron chi connectivity index (χ2n) is 13.5. The number of benzene rings is 5. The van der Waals surface area contributed by atoms with Gasteiger partial charge in [0.05, 0.1) is 17.3 Å². The fraction of sp³-hybridized carbons (Fsp3) is 0.227. The third kappa shape index (κ3) is 10.6. The first-order valence-corrected chi connectivity index (χ1v) is 18.4. The summed E-state index contributed by atoms with van der Waals surface area (Å²) in [5, 5.41) is 39.3. The Labute approximate surface area is 315 Å². The summed E-state index contributed by atoms with van der Waals surface area (Å²) >= 11 is 0. The van der Waals surface area contributed by atoms with Crippen molar-refractivity contribution < 1.29 is 20.1 Å². The number of rotatable bonds is 12. The van der Waals surface area contributed by atoms with Crippen LogP contribution in [0.4, 0.5) is 21.9 Å². The predicted octanol–water partition coefficient (Wildman–Crippen LogP) is 8.27. The number of aliphatic hydroxyl groups excluding tert-OH is 1. The number of hydrogen-bond donors (Lipinski definition) is 7. The number of aliphatic hydroxyl groups is 1. The van der Waals surface area contributed by atoms with Crippen LogP contribution in [0.2, 0.25) is 0 Å². The number of phenolic OH excluding ortho intramolecular Hbond substituents is 1. The van der Waals surface area contributed by atoms with E-state index in [1.54, 1.807) is 24.3 Å². The molecule has 0 saturated carbocycles. The average molecular weight is 726 g/mol. The molecule has 10 heteroatoms. The minimum atomic E-state index is -1.05. The number of carboxylic acid groups (broad SMARTS) is 1. The zero-order valence-corrected chi connectivity index (χ0v) is 30.2. The van der Waals surface area contributed by atoms with Crippen LogP contribution >= 0.6 is 0 Å². The van der Waals surface area contributed by atoms with Gasteiger partial charge in [0, 0.05) is 41.5 Å². The van der Waals surface area contributed by atoms with Crippen molar-refractivity contribution in [2.75, 3.05) is 36.8 Å². The summed E-state index contributed by atoms with van der Waals surface area (Å²) in [6, 6.07) is 40.4. The Morgan fingerprint density at radius 3 is 2.13 bits per heavy atom. The van der Waals surface area contributed by atoms with E-state index in [-0.39, 0.29) is 11.3 Å². The van der Waals surface area contributed by atoms with E-state index in [0.717, 1.165) is 42.0 Å². The Bertz CT molecular complexity index is 2170. The number of carbonyl (C=O) groups is 1. The predicted molar refractivity (Wildman–Crippen MR) is 217 cm³/mol. The minimum Gasteiger partial charge on any atom is -0.506 e. The number of pyridine rings is 1. The number of nitrogens with zero attached hydrogens (tertiary/aromatic N) is 1. The zero-order valence-electron chi connectivity index (χ0n) is 30.2. The first-order valence-electron chi connectivity index (χ1n) is 18.4. The molecule has 1 amide bonds. The molecule has 1 fully saturated rings. The smallest absolute Gasteiger partial charge is 0.409 e. The number of H-pyrrole nitrogens is 1. The lowest BCUT2D eigenvalue weighted by atomic mass is 10.0. The number of piperidine rings is 1. The van der Waals surface area contributed by atoms with Gasteiger partial charge in [0.15, 0.2) is 0 Å². The number of hydrogen-bond acceptors (Lipinski definition) is 7. The highest BCUT2D eigenvalue weighted by molar-refractivity contribution is 5.90. The number of para-hydroxylation sites is 1. The van der Waals surface area contributed by atoms with Crippen LogP contribution in [0.3, 0.4) is 0 Å². The topological polar surface area (TPSA) is 150 Å². The maximum Gasteiger partial charge on any atom is 0.409 e. The fourth-order valence-corrected chi connectivity index (χ4v) is 6.70. The first-order chi connectivity index (χ1) is 26.3. The van der Waals surface area contributed by atoms with Gasteiger partial charge in [-0.1, -0.05) is 85.3 Å². The molecule has 0 unspecified atom stereocenters. The third-order valence-corrected chi connectivity index (χ3v) is 9.50. The number of aromatic nitrogens is 1. The monoisotopic (exact) mass is 725 g/mol. The molecule has 1 aliphatic heterocycles. The van der Waals surface area contributed by atoms with E-state index in [2.05, 4.69) is 74.4 Å². The Morgan fingerprint density at radius 2 is 1.43 bits per heavy atom. The number of fused-ring (bicyclic) bond motifs is 1. The summed E-state index contributed by atoms with van der Waals surface area (Å²) in [5.41, 5.74) is 7.90. The number of amides is 1. The summed E-state index contributed by atoms with van der Waals surface area (Å²) < 4.78 is 0. The van der Waals surface area contributed by atoms with E-state index in [4.69, 9.17) is 5.11 Å². The second kappa shape index (κ2) is 18.7. The van der Waals surface area contributed by atoms with Gasteiger partial charge in [-0.25, -0.2) is 4.79 Å². The number of phenols is 1. The van der Waals surface area contributed by atoms with Crippen LogP contribution < -0.4 is 21.5 Å². The Hall–Kier alpha value is -5.94. The number of anilines is 3. The molecule has 0 aliphatic carbocycles. The minimum absolute atomic E-state index is 0.00980. The number of aromatic hydroxyl groups is 1. The maximum absolute atomic E-state index is 11.6. The highest BCUT2D eigenvalue weighted by atomic mass is 16.4. The number of likely N-dealkylation sites (tertiary alicyclic amines) is 1. The van der Waals surface area contributed by atoms with Crippen LogP contribution in [0.15, 0.2) is 132 Å². The van der Waals surface area contributed by atoms with Crippen molar-refractivity contribution in [3.05, 3.63) is 154 Å². The van der Waals surface area contributed by atoms with Crippen LogP contribution in [-0.2, 0) is 13.0 Å². The van der Waals surface area contributed by atoms with Gasteiger partial charge in [-0.15, -0.1) is 0 Å². The van der Waals surface area contributed by atoms with Gasteiger partial charge in [0.1, 0.15) is 5.75 Å². The molecule has 0 radical (unpaired) electrons. The third-order valence-electron chi connectivity index (χ3n) is 9.50. The van der Waals surface area contributed by atoms with Crippen molar-refractivity contribution in [1.82, 2.24) is 15.2 Å². The molecule has 1 aliphatic rings. The molecule has 1 aromatic heterocycles. The zero-order chi connectivity index (χ0) is 37.7. The van der Waals surface area contributed by atoms with Gasteiger partial charge in [-0.3, -0.25) is 15.0 Å². The van der Waals surface area contributed by atoms with Crippen LogP contribution in [0, 0.1) is 0 Å². The maximum atomic E-state index is 11.6. The SMILES string of the molecule is O=C(O)Nc1ccccc1-c1ccccc1.O=c1ccc2c([C@@H](O)CNCCc3ccc(Nc4ccc(CN5CCCCC5)cc4)cc3)ccc(O)c2[nH]1. The second-order valence-corrected chi connectivity index (χ2v) is 13.5. The van der Waals surface area contributed by atoms with E-state index in [0.29, 0.717) is 28.7 Å². The van der Waals surface area contributed by atoms with Crippen LogP contribution in [0.1, 0.15) is 42.1 Å². The molecule has 278 valence electrons. The van der Waals surface area contributed by atoms with E-state index >= 15 is 0 Å². The number of aromatic amines is 1. The standard InChI is InChI=1S/C31H36N4O3.C13H11NO2/c36-28-14-12-26(27-13-15-30(38)34-31(27)28)29(37)20-32-17-16-22-4-8-24(9-5-22)33-25-10-6-23(7-11-25)21-35-18-2-1-3-19-35;15-13(16)14-12-9-5-4-8-11(12)10-6-2-1-3-7-10/h4-15,29,32-33,36-37H,1-3,16-21H2,(H,34,38);1-9,14H,(H,15,16)/t29-;/m0./s1. The van der Waals surface area contributed by atoms with Crippen molar-refractivity contribution in [1.29, 1.82) is 0 Å². The summed E-state index contributed by atoms with van der Waals surface area (Å²) in [6.45, 7) is 4.54. The highest BCUT2D eigenvalue weighted by Gasteiger charge is 2.14. The van der Waals surface area contributed by atoms with Gasteiger partial charge in [0.2, 0.25) is 5.56 Å². The summed E-state index contributed by atoms with van der Waals surface area (Å²) in [7, 11) is 0. The molecule has 10 nitrogen and oxygen atoms in total. The Morgan fingerprint density at radius 1 is 0.759 bits per heavy atom. The lowest BCUT2D eigenvalue weighted by Crippen LogP contribution is -2.29. The van der Waals surface area contributed by atoms with Crippen molar-refractivity contribution in [3.63, 3.8) is 0 Å². The van der Waals surface area contributed by atoms with Crippen molar-refractivity contribution in [2.24, 2.45) is 0 Å². The largest absolute Gasteiger partial charge is 0.506 e. The van der Waals surface area contributed by atoms with E-state index in [9.17, 15) is 19.8 Å². The molecule has 7 rings (SSSR count). The molecule has 0 spiro atoms. The molecule has 2 heterocycles. The lowest BCUT2D eigenvalue weighted by Gasteiger charge is -2.26. The molecular formula is C44H47N5O5. The number of nitrogens with one attached hydrogen (secondary N) is 4. The average Bonchev–Trinajstić information content (AvgIpc) is 3.19. The van der Waals surface area contributed by atoms with E-state index in [1.807, 2.05) is 42.5 Å². The van der Waals surface area contributed by atoms with Crippen molar-refractivity contribution in [2.45, 2.75) is 38.3 Å². The van der Waals surface area contributed by atoms with Crippen LogP contribution in [0.25, 0.3) is 22.0 Å². The first kappa shape index (κ1) is 37.8. The van der Waals surface area contributed by atoms with Gasteiger partial charge in [-0.2, -0.15) is 0 Å².